The third-order valence-electron chi connectivity index (χ3n) is 1.44. The molecule has 0 aromatic heterocycles. The standard InChI is InChI=1S/C6H4Cl4P2S2/c7-11(8,13)5-3-1-2-4-6(5)12(9,10)14/h1-4H. The highest BCUT2D eigenvalue weighted by atomic mass is 35.9. The Morgan fingerprint density at radius 1 is 0.786 bits per heavy atom. The summed E-state index contributed by atoms with van der Waals surface area (Å²) in [6, 6.07) is 7.01. The summed E-state index contributed by atoms with van der Waals surface area (Å²) in [6.07, 6.45) is 0. The second-order valence-corrected chi connectivity index (χ2v) is 18.0. The molecule has 0 saturated carbocycles. The molecule has 0 saturated heterocycles. The van der Waals surface area contributed by atoms with Crippen LogP contribution in [0.2, 0.25) is 0 Å². The van der Waals surface area contributed by atoms with Gasteiger partial charge in [-0.05, 0) is 0 Å². The van der Waals surface area contributed by atoms with E-state index in [1.807, 2.05) is 0 Å². The van der Waals surface area contributed by atoms with E-state index in [9.17, 15) is 0 Å². The minimum absolute atomic E-state index is 0.603. The van der Waals surface area contributed by atoms with Crippen LogP contribution in [0, 0.1) is 0 Å². The molecule has 0 amide bonds. The molecule has 0 aliphatic heterocycles. The second kappa shape index (κ2) is 4.90. The Labute approximate surface area is 112 Å². The Bertz CT molecular complexity index is 394. The van der Waals surface area contributed by atoms with E-state index < -0.39 is 9.49 Å². The first-order valence-corrected chi connectivity index (χ1v) is 12.5. The lowest BCUT2D eigenvalue weighted by Crippen LogP contribution is -2.18. The Balaban J connectivity index is 3.47. The van der Waals surface area contributed by atoms with Gasteiger partial charge in [0.1, 0.15) is 9.49 Å². The summed E-state index contributed by atoms with van der Waals surface area (Å²) in [7, 11) is 0. The average molecular weight is 344 g/mol. The molecule has 0 spiro atoms. The summed E-state index contributed by atoms with van der Waals surface area (Å²) in [4.78, 5) is 0. The zero-order chi connectivity index (χ0) is 11.0. The Kier molecular flexibility index (Phi) is 4.81. The molecule has 0 unspecified atom stereocenters. The lowest BCUT2D eigenvalue weighted by molar-refractivity contribution is 1.83. The number of rotatable bonds is 2. The first-order valence-electron chi connectivity index (χ1n) is 3.32. The topological polar surface area (TPSA) is 0 Å². The summed E-state index contributed by atoms with van der Waals surface area (Å²) >= 11 is 33.7. The Morgan fingerprint density at radius 2 is 1.07 bits per heavy atom. The minimum Gasteiger partial charge on any atom is -0.0632 e. The van der Waals surface area contributed by atoms with Gasteiger partial charge in [-0.25, -0.2) is 0 Å². The van der Waals surface area contributed by atoms with Gasteiger partial charge in [0.25, 0.3) is 0 Å². The molecule has 0 nitrogen and oxygen atoms in total. The van der Waals surface area contributed by atoms with E-state index in [1.54, 1.807) is 24.3 Å². The van der Waals surface area contributed by atoms with E-state index in [0.29, 0.717) is 10.6 Å². The maximum atomic E-state index is 5.92. The van der Waals surface area contributed by atoms with Crippen molar-refractivity contribution in [3.63, 3.8) is 0 Å². The van der Waals surface area contributed by atoms with Crippen LogP contribution >= 0.6 is 54.4 Å². The van der Waals surface area contributed by atoms with Crippen LogP contribution < -0.4 is 10.6 Å². The zero-order valence-electron chi connectivity index (χ0n) is 6.53. The summed E-state index contributed by atoms with van der Waals surface area (Å²) in [6.45, 7) is 0. The predicted molar refractivity (Wildman–Crippen MR) is 77.7 cm³/mol. The molecule has 14 heavy (non-hydrogen) atoms. The van der Waals surface area contributed by atoms with Crippen LogP contribution in [0.1, 0.15) is 0 Å². The van der Waals surface area contributed by atoms with Crippen molar-refractivity contribution in [2.75, 3.05) is 0 Å². The van der Waals surface area contributed by atoms with Gasteiger partial charge in [0.05, 0.1) is 0 Å². The molecule has 0 aliphatic rings. The van der Waals surface area contributed by atoms with Gasteiger partial charge in [-0.1, -0.05) is 92.8 Å². The Hall–Kier alpha value is 1.68. The van der Waals surface area contributed by atoms with Gasteiger partial charge in [0.15, 0.2) is 0 Å². The fourth-order valence-electron chi connectivity index (χ4n) is 0.904. The molecule has 78 valence electrons. The smallest absolute Gasteiger partial charge is 0.0632 e. The lowest BCUT2D eigenvalue weighted by atomic mass is 10.4. The van der Waals surface area contributed by atoms with Crippen LogP contribution in [-0.2, 0) is 23.6 Å². The van der Waals surface area contributed by atoms with Crippen molar-refractivity contribution >= 4 is 88.7 Å². The molecule has 1 aromatic rings. The monoisotopic (exact) mass is 342 g/mol. The van der Waals surface area contributed by atoms with Gasteiger partial charge >= 0.3 is 0 Å². The normalized spacial score (nSPS) is 12.9. The third kappa shape index (κ3) is 3.61. The molecular formula is C6H4Cl4P2S2. The van der Waals surface area contributed by atoms with Gasteiger partial charge in [-0.3, -0.25) is 0 Å². The van der Waals surface area contributed by atoms with Gasteiger partial charge in [-0.15, -0.1) is 0 Å². The third-order valence-corrected chi connectivity index (χ3v) is 6.89. The molecule has 8 heteroatoms. The molecule has 0 fully saturated rings. The van der Waals surface area contributed by atoms with Gasteiger partial charge < -0.3 is 0 Å². The maximum absolute atomic E-state index is 5.92. The van der Waals surface area contributed by atoms with Crippen molar-refractivity contribution < 1.29 is 0 Å². The number of halogens is 4. The first kappa shape index (κ1) is 13.7. The minimum atomic E-state index is -2.58. The largest absolute Gasteiger partial charge is 0.147 e. The van der Waals surface area contributed by atoms with Crippen LogP contribution in [0.25, 0.3) is 0 Å². The van der Waals surface area contributed by atoms with Crippen LogP contribution in [0.15, 0.2) is 24.3 Å². The maximum Gasteiger partial charge on any atom is 0.147 e. The van der Waals surface area contributed by atoms with E-state index >= 15 is 0 Å². The van der Waals surface area contributed by atoms with Crippen molar-refractivity contribution in [1.82, 2.24) is 0 Å². The molecule has 1 rings (SSSR count). The van der Waals surface area contributed by atoms with Crippen molar-refractivity contribution in [2.24, 2.45) is 0 Å². The highest BCUT2D eigenvalue weighted by Crippen LogP contribution is 2.61. The summed E-state index contributed by atoms with van der Waals surface area (Å²) < 4.78 is -5.16. The highest BCUT2D eigenvalue weighted by Gasteiger charge is 2.23. The van der Waals surface area contributed by atoms with Crippen molar-refractivity contribution in [1.29, 1.82) is 0 Å². The van der Waals surface area contributed by atoms with E-state index in [-0.39, 0.29) is 0 Å². The summed E-state index contributed by atoms with van der Waals surface area (Å²) in [5.41, 5.74) is 0. The average Bonchev–Trinajstić information content (AvgIpc) is 2.01. The van der Waals surface area contributed by atoms with Crippen LogP contribution in [0.3, 0.4) is 0 Å². The van der Waals surface area contributed by atoms with Crippen molar-refractivity contribution in [3.8, 4) is 0 Å². The van der Waals surface area contributed by atoms with E-state index in [0.717, 1.165) is 0 Å². The second-order valence-electron chi connectivity index (χ2n) is 2.41. The molecule has 0 atom stereocenters. The fraction of sp³-hybridized carbons (Fsp3) is 0. The van der Waals surface area contributed by atoms with Crippen molar-refractivity contribution in [2.45, 2.75) is 0 Å². The quantitative estimate of drug-likeness (QED) is 0.724. The number of hydrogen-bond donors (Lipinski definition) is 0. The highest BCUT2D eigenvalue weighted by molar-refractivity contribution is 8.45. The molecule has 0 N–H and O–H groups in total. The summed E-state index contributed by atoms with van der Waals surface area (Å²) in [5, 5.41) is 1.21. The van der Waals surface area contributed by atoms with E-state index in [2.05, 4.69) is 0 Å². The molecule has 1 aromatic carbocycles. The molecule has 0 heterocycles. The van der Waals surface area contributed by atoms with Crippen LogP contribution in [-0.4, -0.2) is 0 Å². The molecule has 0 bridgehead atoms. The molecule has 0 radical (unpaired) electrons. The van der Waals surface area contributed by atoms with E-state index in [4.69, 9.17) is 68.6 Å². The lowest BCUT2D eigenvalue weighted by Gasteiger charge is -2.14. The number of hydrogen-bond acceptors (Lipinski definition) is 2. The number of benzene rings is 1. The SMILES string of the molecule is S=P(Cl)(Cl)c1ccccc1P(=S)(Cl)Cl. The van der Waals surface area contributed by atoms with Crippen LogP contribution in [0.4, 0.5) is 0 Å². The van der Waals surface area contributed by atoms with Crippen LogP contribution in [0.5, 0.6) is 0 Å². The fourth-order valence-corrected chi connectivity index (χ4v) is 6.84. The zero-order valence-corrected chi connectivity index (χ0v) is 13.0. The molecule has 0 aliphatic carbocycles. The Morgan fingerprint density at radius 3 is 1.29 bits per heavy atom. The van der Waals surface area contributed by atoms with Gasteiger partial charge in [0, 0.05) is 10.6 Å². The van der Waals surface area contributed by atoms with Crippen molar-refractivity contribution in [3.05, 3.63) is 24.3 Å². The van der Waals surface area contributed by atoms with E-state index in [1.165, 1.54) is 0 Å². The first-order chi connectivity index (χ1) is 6.23. The predicted octanol–water partition coefficient (Wildman–Crippen LogP) is 4.51. The van der Waals surface area contributed by atoms with Gasteiger partial charge in [-0.2, -0.15) is 0 Å². The molecular weight excluding hydrogens is 340 g/mol. The van der Waals surface area contributed by atoms with Gasteiger partial charge in [0.2, 0.25) is 0 Å². The summed E-state index contributed by atoms with van der Waals surface area (Å²) in [5.74, 6) is 0.